The summed E-state index contributed by atoms with van der Waals surface area (Å²) in [5, 5.41) is 0. The minimum Gasteiger partial charge on any atom is -0.380 e. The number of likely N-dealkylation sites (tertiary alicyclic amines) is 1. The summed E-state index contributed by atoms with van der Waals surface area (Å²) in [5.41, 5.74) is 6.96. The second-order valence-corrected chi connectivity index (χ2v) is 6.86. The molecule has 2 N–H and O–H groups in total. The van der Waals surface area contributed by atoms with Gasteiger partial charge in [-0.05, 0) is 43.2 Å². The van der Waals surface area contributed by atoms with E-state index >= 15 is 0 Å². The maximum atomic E-state index is 12.8. The fourth-order valence-electron chi connectivity index (χ4n) is 3.87. The fourth-order valence-corrected chi connectivity index (χ4v) is 3.87. The first kappa shape index (κ1) is 17.9. The molecule has 1 aromatic carbocycles. The predicted molar refractivity (Wildman–Crippen MR) is 92.9 cm³/mol. The van der Waals surface area contributed by atoms with Gasteiger partial charge in [0.15, 0.2) is 0 Å². The van der Waals surface area contributed by atoms with Crippen molar-refractivity contribution < 1.29 is 19.1 Å². The van der Waals surface area contributed by atoms with Gasteiger partial charge in [0, 0.05) is 25.8 Å². The van der Waals surface area contributed by atoms with Crippen LogP contribution >= 0.6 is 0 Å². The van der Waals surface area contributed by atoms with Crippen molar-refractivity contribution in [2.45, 2.75) is 44.5 Å². The molecule has 0 spiro atoms. The zero-order valence-electron chi connectivity index (χ0n) is 14.6. The predicted octanol–water partition coefficient (Wildman–Crippen LogP) is 1.72. The van der Waals surface area contributed by atoms with Crippen molar-refractivity contribution >= 4 is 11.8 Å². The van der Waals surface area contributed by atoms with Gasteiger partial charge in [0.1, 0.15) is 6.10 Å². The highest BCUT2D eigenvalue weighted by Gasteiger charge is 2.36. The standard InChI is InChI=1S/C19H26N2O4/c1-24-12-14-4-2-3-5-15(14)19(23)21-10-8-13(9-11-21)16-6-7-17(25-16)18(20)22/h2-5,13,16-17H,6-12H2,1H3,(H2,20,22)/t16-,17+/m0/s1. The molecule has 1 aromatic rings. The highest BCUT2D eigenvalue weighted by atomic mass is 16.5. The number of benzene rings is 1. The summed E-state index contributed by atoms with van der Waals surface area (Å²) in [6.07, 6.45) is 3.04. The molecular formula is C19H26N2O4. The van der Waals surface area contributed by atoms with Crippen molar-refractivity contribution in [3.05, 3.63) is 35.4 Å². The van der Waals surface area contributed by atoms with E-state index in [0.29, 0.717) is 37.6 Å². The second kappa shape index (κ2) is 7.97. The first-order valence-electron chi connectivity index (χ1n) is 8.91. The number of amides is 2. The van der Waals surface area contributed by atoms with E-state index in [1.165, 1.54) is 0 Å². The Bertz CT molecular complexity index is 626. The molecule has 2 amide bonds. The first-order valence-corrected chi connectivity index (χ1v) is 8.91. The van der Waals surface area contributed by atoms with Crippen LogP contribution in [-0.2, 0) is 20.9 Å². The number of methoxy groups -OCH3 is 1. The number of rotatable bonds is 5. The summed E-state index contributed by atoms with van der Waals surface area (Å²) in [7, 11) is 1.63. The lowest BCUT2D eigenvalue weighted by Gasteiger charge is -2.35. The van der Waals surface area contributed by atoms with Gasteiger partial charge in [-0.2, -0.15) is 0 Å². The van der Waals surface area contributed by atoms with Crippen LogP contribution in [0.1, 0.15) is 41.6 Å². The summed E-state index contributed by atoms with van der Waals surface area (Å²) in [4.78, 5) is 26.0. The number of hydrogen-bond acceptors (Lipinski definition) is 4. The van der Waals surface area contributed by atoms with Crippen LogP contribution in [0.2, 0.25) is 0 Å². The Hall–Kier alpha value is -1.92. The molecule has 0 unspecified atom stereocenters. The van der Waals surface area contributed by atoms with Crippen molar-refractivity contribution in [3.63, 3.8) is 0 Å². The number of hydrogen-bond donors (Lipinski definition) is 1. The first-order chi connectivity index (χ1) is 12.1. The Balaban J connectivity index is 1.57. The van der Waals surface area contributed by atoms with Crippen LogP contribution in [0.3, 0.4) is 0 Å². The van der Waals surface area contributed by atoms with Crippen LogP contribution in [0.25, 0.3) is 0 Å². The lowest BCUT2D eigenvalue weighted by molar-refractivity contribution is -0.130. The minimum absolute atomic E-state index is 0.0634. The zero-order valence-corrected chi connectivity index (χ0v) is 14.6. The maximum Gasteiger partial charge on any atom is 0.254 e. The summed E-state index contributed by atoms with van der Waals surface area (Å²) >= 11 is 0. The van der Waals surface area contributed by atoms with Crippen LogP contribution in [0, 0.1) is 5.92 Å². The van der Waals surface area contributed by atoms with Crippen molar-refractivity contribution in [2.75, 3.05) is 20.2 Å². The van der Waals surface area contributed by atoms with E-state index in [4.69, 9.17) is 15.2 Å². The molecule has 2 heterocycles. The van der Waals surface area contributed by atoms with Gasteiger partial charge < -0.3 is 20.1 Å². The van der Waals surface area contributed by atoms with Crippen molar-refractivity contribution in [1.82, 2.24) is 4.90 Å². The van der Waals surface area contributed by atoms with Gasteiger partial charge in [0.25, 0.3) is 5.91 Å². The Kier molecular flexibility index (Phi) is 5.71. The summed E-state index contributed by atoms with van der Waals surface area (Å²) in [6, 6.07) is 7.60. The molecule has 0 aliphatic carbocycles. The molecule has 6 nitrogen and oxygen atoms in total. The van der Waals surface area contributed by atoms with Crippen LogP contribution in [0.4, 0.5) is 0 Å². The molecule has 0 radical (unpaired) electrons. The number of ether oxygens (including phenoxy) is 2. The van der Waals surface area contributed by atoms with Crippen LogP contribution < -0.4 is 5.73 Å². The van der Waals surface area contributed by atoms with Gasteiger partial charge in [-0.25, -0.2) is 0 Å². The molecule has 6 heteroatoms. The Morgan fingerprint density at radius 2 is 1.92 bits per heavy atom. The molecule has 0 aromatic heterocycles. The van der Waals surface area contributed by atoms with Crippen molar-refractivity contribution in [1.29, 1.82) is 0 Å². The smallest absolute Gasteiger partial charge is 0.254 e. The van der Waals surface area contributed by atoms with E-state index in [9.17, 15) is 9.59 Å². The van der Waals surface area contributed by atoms with Gasteiger partial charge in [0.2, 0.25) is 5.91 Å². The van der Waals surface area contributed by atoms with Crippen LogP contribution in [0.5, 0.6) is 0 Å². The Morgan fingerprint density at radius 1 is 1.20 bits per heavy atom. The molecule has 2 aliphatic heterocycles. The van der Waals surface area contributed by atoms with Crippen LogP contribution in [-0.4, -0.2) is 49.1 Å². The van der Waals surface area contributed by atoms with Crippen molar-refractivity contribution in [3.8, 4) is 0 Å². The zero-order chi connectivity index (χ0) is 17.8. The molecule has 3 rings (SSSR count). The molecule has 2 fully saturated rings. The Morgan fingerprint density at radius 3 is 2.56 bits per heavy atom. The topological polar surface area (TPSA) is 81.9 Å². The number of nitrogens with two attached hydrogens (primary N) is 1. The van der Waals surface area contributed by atoms with Gasteiger partial charge >= 0.3 is 0 Å². The average Bonchev–Trinajstić information content (AvgIpc) is 3.12. The quantitative estimate of drug-likeness (QED) is 0.880. The number of carbonyl (C=O) groups excluding carboxylic acids is 2. The van der Waals surface area contributed by atoms with E-state index in [0.717, 1.165) is 24.8 Å². The maximum absolute atomic E-state index is 12.8. The van der Waals surface area contributed by atoms with Crippen LogP contribution in [0.15, 0.2) is 24.3 Å². The second-order valence-electron chi connectivity index (χ2n) is 6.86. The van der Waals surface area contributed by atoms with Crippen molar-refractivity contribution in [2.24, 2.45) is 11.7 Å². The van der Waals surface area contributed by atoms with E-state index in [1.54, 1.807) is 7.11 Å². The molecule has 2 saturated heterocycles. The number of nitrogens with zero attached hydrogens (tertiary/aromatic N) is 1. The molecule has 2 aliphatic rings. The number of piperidine rings is 1. The molecule has 2 atom stereocenters. The molecule has 25 heavy (non-hydrogen) atoms. The van der Waals surface area contributed by atoms with Gasteiger partial charge in [-0.3, -0.25) is 9.59 Å². The van der Waals surface area contributed by atoms with Gasteiger partial charge in [-0.15, -0.1) is 0 Å². The van der Waals surface area contributed by atoms with Gasteiger partial charge in [-0.1, -0.05) is 18.2 Å². The number of carbonyl (C=O) groups is 2. The lowest BCUT2D eigenvalue weighted by atomic mass is 9.89. The SMILES string of the molecule is COCc1ccccc1C(=O)N1CCC([C@@H]2CC[C@H](C(N)=O)O2)CC1. The highest BCUT2D eigenvalue weighted by molar-refractivity contribution is 5.95. The third-order valence-electron chi connectivity index (χ3n) is 5.27. The fraction of sp³-hybridized carbons (Fsp3) is 0.579. The summed E-state index contributed by atoms with van der Waals surface area (Å²) < 4.78 is 11.0. The normalized spacial score (nSPS) is 24.4. The minimum atomic E-state index is -0.439. The number of primary amides is 1. The Labute approximate surface area is 148 Å². The summed E-state index contributed by atoms with van der Waals surface area (Å²) in [6.45, 7) is 1.86. The van der Waals surface area contributed by atoms with E-state index in [1.807, 2.05) is 29.2 Å². The average molecular weight is 346 g/mol. The molecule has 0 saturated carbocycles. The van der Waals surface area contributed by atoms with E-state index in [2.05, 4.69) is 0 Å². The molecule has 136 valence electrons. The monoisotopic (exact) mass is 346 g/mol. The van der Waals surface area contributed by atoms with E-state index < -0.39 is 6.10 Å². The largest absolute Gasteiger partial charge is 0.380 e. The molecule has 0 bridgehead atoms. The molecular weight excluding hydrogens is 320 g/mol. The third-order valence-corrected chi connectivity index (χ3v) is 5.27. The lowest BCUT2D eigenvalue weighted by Crippen LogP contribution is -2.42. The third kappa shape index (κ3) is 4.02. The van der Waals surface area contributed by atoms with Gasteiger partial charge in [0.05, 0.1) is 12.7 Å². The summed E-state index contributed by atoms with van der Waals surface area (Å²) in [5.74, 6) is 0.0842. The van der Waals surface area contributed by atoms with E-state index in [-0.39, 0.29) is 17.9 Å². The highest BCUT2D eigenvalue weighted by Crippen LogP contribution is 2.32.